The summed E-state index contributed by atoms with van der Waals surface area (Å²) in [5, 5.41) is 13.1. The number of hydrogen-bond acceptors (Lipinski definition) is 5. The van der Waals surface area contributed by atoms with Crippen molar-refractivity contribution in [3.05, 3.63) is 63.5 Å². The van der Waals surface area contributed by atoms with Crippen LogP contribution in [0.25, 0.3) is 0 Å². The normalized spacial score (nSPS) is 13.2. The second-order valence-electron chi connectivity index (χ2n) is 6.32. The number of carbonyl (C=O) groups excluding carboxylic acids is 1. The number of amides is 1. The van der Waals surface area contributed by atoms with Gasteiger partial charge in [0.05, 0.1) is 15.6 Å². The number of nitrogens with one attached hydrogen (secondary N) is 1. The lowest BCUT2D eigenvalue weighted by Gasteiger charge is -2.08. The third-order valence-corrected chi connectivity index (χ3v) is 6.17. The van der Waals surface area contributed by atoms with Crippen LogP contribution in [0.2, 0.25) is 0 Å². The number of anilines is 1. The number of nitro groups is 1. The largest absolute Gasteiger partial charge is 0.326 e. The number of hydrogen-bond donors (Lipinski definition) is 1. The molecule has 0 spiro atoms. The predicted molar refractivity (Wildman–Crippen MR) is 96.8 cm³/mol. The van der Waals surface area contributed by atoms with E-state index in [-0.39, 0.29) is 22.8 Å². The standard InChI is InChI=1S/C18H17FN2O5S/c19-16-7-5-14(11-17(16)21(23)24)20-18(22)8-9-27(25,26)15-6-4-12-2-1-3-13(12)10-15/h4-7,10-11H,1-3,8-9H2,(H,20,22). The highest BCUT2D eigenvalue weighted by molar-refractivity contribution is 7.91. The molecule has 7 nitrogen and oxygen atoms in total. The van der Waals surface area contributed by atoms with Gasteiger partial charge in [-0.3, -0.25) is 14.9 Å². The van der Waals surface area contributed by atoms with Crippen LogP contribution in [0.15, 0.2) is 41.3 Å². The van der Waals surface area contributed by atoms with Crippen LogP contribution in [0, 0.1) is 15.9 Å². The fourth-order valence-corrected chi connectivity index (χ4v) is 4.33. The first-order valence-electron chi connectivity index (χ1n) is 8.34. The van der Waals surface area contributed by atoms with Crippen molar-refractivity contribution in [1.82, 2.24) is 0 Å². The molecule has 2 aromatic rings. The zero-order chi connectivity index (χ0) is 19.6. The van der Waals surface area contributed by atoms with Gasteiger partial charge in [0, 0.05) is 18.2 Å². The van der Waals surface area contributed by atoms with E-state index in [1.807, 2.05) is 6.07 Å². The molecular weight excluding hydrogens is 375 g/mol. The monoisotopic (exact) mass is 392 g/mol. The minimum absolute atomic E-state index is 0.0306. The summed E-state index contributed by atoms with van der Waals surface area (Å²) in [4.78, 5) is 22.0. The van der Waals surface area contributed by atoms with Crippen LogP contribution in [0.1, 0.15) is 24.0 Å². The topological polar surface area (TPSA) is 106 Å². The first-order valence-corrected chi connectivity index (χ1v) is 10.00. The third kappa shape index (κ3) is 4.30. The number of sulfone groups is 1. The molecule has 9 heteroatoms. The highest BCUT2D eigenvalue weighted by Crippen LogP contribution is 2.26. The zero-order valence-electron chi connectivity index (χ0n) is 14.3. The highest BCUT2D eigenvalue weighted by atomic mass is 32.2. The number of carbonyl (C=O) groups is 1. The summed E-state index contributed by atoms with van der Waals surface area (Å²) in [5.74, 6) is -2.03. The van der Waals surface area contributed by atoms with Crippen LogP contribution in [-0.4, -0.2) is 25.0 Å². The van der Waals surface area contributed by atoms with Gasteiger partial charge in [-0.25, -0.2) is 8.42 Å². The number of fused-ring (bicyclic) bond motifs is 1. The Morgan fingerprint density at radius 2 is 1.89 bits per heavy atom. The Morgan fingerprint density at radius 1 is 1.15 bits per heavy atom. The van der Waals surface area contributed by atoms with Crippen molar-refractivity contribution in [1.29, 1.82) is 0 Å². The fraction of sp³-hybridized carbons (Fsp3) is 0.278. The van der Waals surface area contributed by atoms with Gasteiger partial charge in [0.25, 0.3) is 0 Å². The molecule has 0 bridgehead atoms. The number of aryl methyl sites for hydroxylation is 2. The molecule has 0 saturated carbocycles. The molecule has 3 rings (SSSR count). The lowest BCUT2D eigenvalue weighted by Crippen LogP contribution is -2.17. The van der Waals surface area contributed by atoms with Gasteiger partial charge in [-0.15, -0.1) is 0 Å². The summed E-state index contributed by atoms with van der Waals surface area (Å²) in [5.41, 5.74) is 1.45. The fourth-order valence-electron chi connectivity index (χ4n) is 3.04. The Bertz CT molecular complexity index is 1020. The van der Waals surface area contributed by atoms with Gasteiger partial charge in [-0.1, -0.05) is 6.07 Å². The lowest BCUT2D eigenvalue weighted by molar-refractivity contribution is -0.387. The van der Waals surface area contributed by atoms with Gasteiger partial charge >= 0.3 is 5.69 Å². The lowest BCUT2D eigenvalue weighted by atomic mass is 10.1. The van der Waals surface area contributed by atoms with Gasteiger partial charge in [-0.2, -0.15) is 4.39 Å². The summed E-state index contributed by atoms with van der Waals surface area (Å²) < 4.78 is 38.2. The maximum atomic E-state index is 13.3. The highest BCUT2D eigenvalue weighted by Gasteiger charge is 2.20. The van der Waals surface area contributed by atoms with E-state index in [1.165, 1.54) is 6.07 Å². The number of halogens is 1. The molecule has 0 saturated heterocycles. The molecule has 0 atom stereocenters. The van der Waals surface area contributed by atoms with Crippen molar-refractivity contribution in [3.63, 3.8) is 0 Å². The van der Waals surface area contributed by atoms with Gasteiger partial charge < -0.3 is 5.32 Å². The Kier molecular flexibility index (Phi) is 5.22. The molecule has 142 valence electrons. The number of rotatable bonds is 6. The van der Waals surface area contributed by atoms with E-state index in [9.17, 15) is 27.7 Å². The quantitative estimate of drug-likeness (QED) is 0.601. The molecule has 0 aliphatic heterocycles. The first kappa shape index (κ1) is 19.0. The van der Waals surface area contributed by atoms with Gasteiger partial charge in [0.15, 0.2) is 9.84 Å². The number of nitro benzene ring substituents is 1. The van der Waals surface area contributed by atoms with Gasteiger partial charge in [0.1, 0.15) is 0 Å². The minimum atomic E-state index is -3.63. The van der Waals surface area contributed by atoms with Crippen molar-refractivity contribution in [2.24, 2.45) is 0 Å². The smallest absolute Gasteiger partial charge is 0.306 e. The van der Waals surface area contributed by atoms with E-state index in [2.05, 4.69) is 5.32 Å². The van der Waals surface area contributed by atoms with Crippen LogP contribution in [0.5, 0.6) is 0 Å². The van der Waals surface area contributed by atoms with Crippen molar-refractivity contribution < 1.29 is 22.5 Å². The molecule has 0 heterocycles. The Balaban J connectivity index is 1.65. The second-order valence-corrected chi connectivity index (χ2v) is 8.43. The molecule has 1 amide bonds. The summed E-state index contributed by atoms with van der Waals surface area (Å²) in [6, 6.07) is 7.97. The van der Waals surface area contributed by atoms with Crippen LogP contribution in [-0.2, 0) is 27.5 Å². The van der Waals surface area contributed by atoms with Crippen LogP contribution in [0.4, 0.5) is 15.8 Å². The molecule has 0 fully saturated rings. The van der Waals surface area contributed by atoms with E-state index in [4.69, 9.17) is 0 Å². The summed E-state index contributed by atoms with van der Waals surface area (Å²) in [6.07, 6.45) is 2.49. The predicted octanol–water partition coefficient (Wildman–Crippen LogP) is 3.03. The second kappa shape index (κ2) is 7.43. The Hall–Kier alpha value is -2.81. The van der Waals surface area contributed by atoms with Crippen molar-refractivity contribution in [2.75, 3.05) is 11.1 Å². The SMILES string of the molecule is O=C(CCS(=O)(=O)c1ccc2c(c1)CCC2)Nc1ccc(F)c([N+](=O)[O-])c1. The Morgan fingerprint density at radius 3 is 2.63 bits per heavy atom. The maximum Gasteiger partial charge on any atom is 0.306 e. The van der Waals surface area contributed by atoms with E-state index < -0.39 is 32.2 Å². The van der Waals surface area contributed by atoms with Crippen LogP contribution in [0.3, 0.4) is 0 Å². The number of benzene rings is 2. The summed E-state index contributed by atoms with van der Waals surface area (Å²) in [6.45, 7) is 0. The van der Waals surface area contributed by atoms with E-state index in [0.29, 0.717) is 0 Å². The minimum Gasteiger partial charge on any atom is -0.326 e. The van der Waals surface area contributed by atoms with E-state index >= 15 is 0 Å². The van der Waals surface area contributed by atoms with E-state index in [1.54, 1.807) is 12.1 Å². The molecular formula is C18H17FN2O5S. The molecule has 0 radical (unpaired) electrons. The average Bonchev–Trinajstić information content (AvgIpc) is 3.09. The molecule has 0 aromatic heterocycles. The van der Waals surface area contributed by atoms with Gasteiger partial charge in [0.2, 0.25) is 11.7 Å². The third-order valence-electron chi connectivity index (χ3n) is 4.45. The zero-order valence-corrected chi connectivity index (χ0v) is 15.1. The van der Waals surface area contributed by atoms with E-state index in [0.717, 1.165) is 42.5 Å². The molecule has 2 aromatic carbocycles. The molecule has 1 N–H and O–H groups in total. The maximum absolute atomic E-state index is 13.3. The Labute approximate surface area is 155 Å². The van der Waals surface area contributed by atoms with Crippen molar-refractivity contribution in [3.8, 4) is 0 Å². The summed E-state index contributed by atoms with van der Waals surface area (Å²) >= 11 is 0. The van der Waals surface area contributed by atoms with Crippen LogP contribution < -0.4 is 5.32 Å². The van der Waals surface area contributed by atoms with Crippen molar-refractivity contribution >= 4 is 27.1 Å². The first-order chi connectivity index (χ1) is 12.8. The number of nitrogens with zero attached hydrogens (tertiary/aromatic N) is 1. The molecule has 1 aliphatic rings. The van der Waals surface area contributed by atoms with Crippen LogP contribution >= 0.6 is 0 Å². The van der Waals surface area contributed by atoms with Gasteiger partial charge in [-0.05, 0) is 54.7 Å². The molecule has 27 heavy (non-hydrogen) atoms. The molecule has 1 aliphatic carbocycles. The van der Waals surface area contributed by atoms with Crippen molar-refractivity contribution in [2.45, 2.75) is 30.6 Å². The average molecular weight is 392 g/mol. The molecule has 0 unspecified atom stereocenters. The summed E-state index contributed by atoms with van der Waals surface area (Å²) in [7, 11) is -3.63.